The smallest absolute Gasteiger partial charge is 0.407 e. The van der Waals surface area contributed by atoms with Crippen molar-refractivity contribution in [2.24, 2.45) is 21.6 Å². The summed E-state index contributed by atoms with van der Waals surface area (Å²) in [4.78, 5) is 63.6. The number of hydrogen-bond acceptors (Lipinski definition) is 21. The molecule has 6 aromatic rings. The van der Waals surface area contributed by atoms with Gasteiger partial charge in [-0.1, -0.05) is 11.7 Å². The maximum Gasteiger partial charge on any atom is 0.407 e. The first kappa shape index (κ1) is 53.8. The lowest BCUT2D eigenvalue weighted by Crippen LogP contribution is -2.55. The highest BCUT2D eigenvalue weighted by Gasteiger charge is 2.51. The Balaban J connectivity index is 0.000000158. The molecule has 0 radical (unpaired) electrons. The van der Waals surface area contributed by atoms with Crippen LogP contribution in [0.1, 0.15) is 121 Å². The van der Waals surface area contributed by atoms with E-state index in [1.54, 1.807) is 6.07 Å². The molecule has 0 aliphatic carbocycles. The highest BCUT2D eigenvalue weighted by molar-refractivity contribution is 6.11. The van der Waals surface area contributed by atoms with Gasteiger partial charge in [0.15, 0.2) is 34.7 Å². The van der Waals surface area contributed by atoms with Crippen molar-refractivity contribution in [3.8, 4) is 11.5 Å². The molecule has 8 aliphatic heterocycles. The van der Waals surface area contributed by atoms with E-state index in [0.717, 1.165) is 179 Å². The molecular formula is C58H72N18O6. The van der Waals surface area contributed by atoms with Gasteiger partial charge in [0.25, 0.3) is 5.82 Å². The number of amidine groups is 1. The molecule has 14 heterocycles. The maximum absolute atomic E-state index is 12.7. The second-order valence-electron chi connectivity index (χ2n) is 24.2. The Kier molecular flexibility index (Phi) is 14.2. The molecule has 8 aliphatic rings. The number of carbonyl (C=O) groups excluding carboxylic acids is 1. The largest absolute Gasteiger partial charge is 0.444 e. The van der Waals surface area contributed by atoms with Gasteiger partial charge in [0.2, 0.25) is 12.2 Å². The number of ether oxygens (including phenoxy) is 4. The third kappa shape index (κ3) is 10.1. The number of amides is 1. The normalized spacial score (nSPS) is 24.6. The summed E-state index contributed by atoms with van der Waals surface area (Å²) in [6.45, 7) is 24.7. The highest BCUT2D eigenvalue weighted by Crippen LogP contribution is 2.45. The quantitative estimate of drug-likeness (QED) is 0.154. The molecule has 5 saturated heterocycles. The van der Waals surface area contributed by atoms with Crippen LogP contribution in [0.4, 0.5) is 39.4 Å². The maximum atomic E-state index is 12.7. The fraction of sp³-hybridized carbons (Fsp3) is 0.586. The van der Waals surface area contributed by atoms with Crippen molar-refractivity contribution in [3.63, 3.8) is 0 Å². The van der Waals surface area contributed by atoms with Gasteiger partial charge in [-0.2, -0.15) is 4.98 Å². The van der Waals surface area contributed by atoms with Crippen LogP contribution in [-0.4, -0.2) is 151 Å². The third-order valence-electron chi connectivity index (χ3n) is 17.9. The number of hydrogen-bond donors (Lipinski definition) is 2. The van der Waals surface area contributed by atoms with Crippen LogP contribution >= 0.6 is 0 Å². The van der Waals surface area contributed by atoms with Crippen molar-refractivity contribution in [3.05, 3.63) is 77.2 Å². The molecular weight excluding hydrogens is 1040 g/mol. The van der Waals surface area contributed by atoms with Crippen molar-refractivity contribution in [2.75, 3.05) is 78.7 Å². The van der Waals surface area contributed by atoms with E-state index in [4.69, 9.17) is 70.8 Å². The molecule has 0 saturated carbocycles. The number of piperidine rings is 2. The molecule has 82 heavy (non-hydrogen) atoms. The molecule has 430 valence electrons. The van der Waals surface area contributed by atoms with Gasteiger partial charge >= 0.3 is 6.09 Å². The Morgan fingerprint density at radius 3 is 2.18 bits per heavy atom. The molecule has 0 aromatic carbocycles. The van der Waals surface area contributed by atoms with Crippen LogP contribution in [0.25, 0.3) is 27.5 Å². The second kappa shape index (κ2) is 21.7. The van der Waals surface area contributed by atoms with E-state index in [0.29, 0.717) is 42.7 Å². The monoisotopic (exact) mass is 1120 g/mol. The fourth-order valence-corrected chi connectivity index (χ4v) is 13.4. The number of nitrogens with zero attached hydrogens (tertiary/aromatic N) is 16. The van der Waals surface area contributed by atoms with Crippen LogP contribution in [0.5, 0.6) is 0 Å². The van der Waals surface area contributed by atoms with E-state index in [1.165, 1.54) is 6.39 Å². The minimum Gasteiger partial charge on any atom is -0.444 e. The molecule has 24 heteroatoms. The highest BCUT2D eigenvalue weighted by atomic mass is 16.6. The number of aromatic nitrogens is 10. The van der Waals surface area contributed by atoms with Gasteiger partial charge in [-0.3, -0.25) is 4.99 Å². The summed E-state index contributed by atoms with van der Waals surface area (Å²) in [5.74, 6) is 4.25. The Morgan fingerprint density at radius 2 is 1.48 bits per heavy atom. The first-order valence-electron chi connectivity index (χ1n) is 29.2. The number of aryl methyl sites for hydroxylation is 2. The van der Waals surface area contributed by atoms with Gasteiger partial charge < -0.3 is 59.0 Å². The molecule has 24 nitrogen and oxygen atoms in total. The summed E-state index contributed by atoms with van der Waals surface area (Å²) < 4.78 is 30.6. The number of nitrogens with one attached hydrogen (secondary N) is 1. The number of alkyl carbamates (subject to hydrolysis) is 1. The minimum absolute atomic E-state index is 0.0929. The van der Waals surface area contributed by atoms with Crippen LogP contribution in [0.15, 0.2) is 52.6 Å². The molecule has 3 N–H and O–H groups in total. The first-order chi connectivity index (χ1) is 39.7. The summed E-state index contributed by atoms with van der Waals surface area (Å²) in [7, 11) is 0. The lowest BCUT2D eigenvalue weighted by atomic mass is 9.73. The Morgan fingerprint density at radius 1 is 0.780 bits per heavy atom. The van der Waals surface area contributed by atoms with Gasteiger partial charge in [0.1, 0.15) is 28.6 Å². The van der Waals surface area contributed by atoms with E-state index in [-0.39, 0.29) is 41.3 Å². The first-order valence-corrected chi connectivity index (χ1v) is 29.2. The summed E-state index contributed by atoms with van der Waals surface area (Å²) in [6.07, 6.45) is 14.8. The number of rotatable bonds is 6. The molecule has 1 unspecified atom stereocenters. The zero-order chi connectivity index (χ0) is 56.3. The van der Waals surface area contributed by atoms with Crippen LogP contribution in [-0.2, 0) is 38.3 Å². The predicted octanol–water partition coefficient (Wildman–Crippen LogP) is 7.42. The van der Waals surface area contributed by atoms with E-state index in [1.807, 2.05) is 56.9 Å². The standard InChI is InChI=1S/C33H43N9O4.C25H29N9O2/c1-21-28(38-31(43)46-32(2,3)4)33(20-45-21)13-16-40(17-14-33)25-19-35-27-29(37-25)42(26-10-6-7-18-44-26)39-30(27)41-15-8-9-22-23(41)11-12-24(34-5)36-22;1-15-22(26)25(13-35-15)6-9-33(10-7-25)20-12-27-21-18(31-20)11-28-24(21)34-8-2-3-16-19(34)5-4-17(30-16)23-29-14-36-32-23/h11-12,19,21,26,28H,6-10,13-18,20H2,1-4H3,(H,38,43);4-5,12,14-15,22H,2-3,6-11,13,26H2,1H3/t21-,26?,28+;15-,22+/m00/s1. The van der Waals surface area contributed by atoms with E-state index in [9.17, 15) is 4.79 Å². The summed E-state index contributed by atoms with van der Waals surface area (Å²) in [6, 6.07) is 7.71. The van der Waals surface area contributed by atoms with Gasteiger partial charge in [0, 0.05) is 69.2 Å². The van der Waals surface area contributed by atoms with Crippen LogP contribution in [0.2, 0.25) is 0 Å². The predicted molar refractivity (Wildman–Crippen MR) is 305 cm³/mol. The summed E-state index contributed by atoms with van der Waals surface area (Å²) in [5.41, 5.74) is 13.7. The third-order valence-corrected chi connectivity index (χ3v) is 17.9. The summed E-state index contributed by atoms with van der Waals surface area (Å²) in [5, 5.41) is 12.2. The van der Waals surface area contributed by atoms with Crippen molar-refractivity contribution in [1.29, 1.82) is 0 Å². The Labute approximate surface area is 476 Å². The Hall–Kier alpha value is -7.46. The number of aliphatic imine (C=N–C) groups is 1. The molecule has 5 atom stereocenters. The van der Waals surface area contributed by atoms with Crippen molar-refractivity contribution in [1.82, 2.24) is 55.1 Å². The number of anilines is 5. The lowest BCUT2D eigenvalue weighted by Gasteiger charge is -2.42. The van der Waals surface area contributed by atoms with Crippen molar-refractivity contribution < 1.29 is 28.3 Å². The van der Waals surface area contributed by atoms with Gasteiger partial charge in [-0.25, -0.2) is 34.4 Å². The van der Waals surface area contributed by atoms with E-state index in [2.05, 4.69) is 57.9 Å². The zero-order valence-electron chi connectivity index (χ0n) is 47.5. The zero-order valence-corrected chi connectivity index (χ0v) is 47.5. The number of pyridine rings is 2. The van der Waals surface area contributed by atoms with Gasteiger partial charge in [-0.05, 0) is 123 Å². The van der Waals surface area contributed by atoms with Crippen molar-refractivity contribution >= 4 is 57.7 Å². The Bertz CT molecular complexity index is 3410. The average Bonchev–Trinajstić information content (AvgIpc) is 4.46. The van der Waals surface area contributed by atoms with Crippen LogP contribution < -0.4 is 30.7 Å². The fourth-order valence-electron chi connectivity index (χ4n) is 13.4. The topological polar surface area (TPSA) is 256 Å². The van der Waals surface area contributed by atoms with E-state index < -0.39 is 11.7 Å². The molecule has 6 aromatic heterocycles. The van der Waals surface area contributed by atoms with Crippen LogP contribution in [0, 0.1) is 17.4 Å². The minimum atomic E-state index is -0.564. The summed E-state index contributed by atoms with van der Waals surface area (Å²) >= 11 is 0. The molecule has 1 amide bonds. The second-order valence-corrected chi connectivity index (χ2v) is 24.2. The van der Waals surface area contributed by atoms with Gasteiger partial charge in [-0.15, -0.1) is 10.1 Å². The number of nitrogens with two attached hydrogens (primary N) is 1. The van der Waals surface area contributed by atoms with Crippen LogP contribution in [0.3, 0.4) is 0 Å². The SMILES string of the molecule is C[C@@H]1OCC2(CCN(c3cnc4c(n3)CN=C4N3CCCc4nc(-c5ncon5)ccc43)CC2)[C@@H]1N.[C-]#[N+]c1ccc2c(n1)CCCN2c1nn(C2CCCCO2)c2nc(N3CCC4(CC3)CO[C@@H](C)[C@H]4NC(=O)OC(C)(C)C)cnc12. The molecule has 0 bridgehead atoms. The molecule has 5 fully saturated rings. The van der Waals surface area contributed by atoms with Gasteiger partial charge in [0.05, 0.1) is 73.2 Å². The molecule has 2 spiro atoms. The number of carbonyl (C=O) groups is 1. The van der Waals surface area contributed by atoms with Crippen molar-refractivity contribution in [2.45, 2.75) is 148 Å². The number of fused-ring (bicyclic) bond motifs is 4. The molecule has 14 rings (SSSR count). The average molecular weight is 1120 g/mol. The van der Waals surface area contributed by atoms with E-state index >= 15 is 0 Å². The lowest BCUT2D eigenvalue weighted by molar-refractivity contribution is -0.0368.